The molecule has 7 aromatic carbocycles. The first kappa shape index (κ1) is 24.2. The Labute approximate surface area is 244 Å². The van der Waals surface area contributed by atoms with E-state index in [1.54, 1.807) is 0 Å². The highest BCUT2D eigenvalue weighted by atomic mass is 16.3. The predicted molar refractivity (Wildman–Crippen MR) is 177 cm³/mol. The highest BCUT2D eigenvalue weighted by Gasteiger charge is 2.21. The van der Waals surface area contributed by atoms with E-state index in [4.69, 9.17) is 4.42 Å². The van der Waals surface area contributed by atoms with Crippen LogP contribution in [0.4, 0.5) is 17.1 Å². The fraction of sp³-hybridized carbons (Fsp3) is 0. The van der Waals surface area contributed by atoms with Crippen molar-refractivity contribution in [1.29, 1.82) is 0 Å². The Bertz CT molecular complexity index is 2160. The van der Waals surface area contributed by atoms with Crippen molar-refractivity contribution in [2.75, 3.05) is 4.90 Å². The first-order valence-corrected chi connectivity index (χ1v) is 14.3. The topological polar surface area (TPSA) is 16.4 Å². The van der Waals surface area contributed by atoms with Crippen LogP contribution in [0.3, 0.4) is 0 Å². The zero-order valence-corrected chi connectivity index (χ0v) is 22.9. The van der Waals surface area contributed by atoms with E-state index in [1.807, 2.05) is 0 Å². The van der Waals surface area contributed by atoms with Crippen LogP contribution in [0, 0.1) is 0 Å². The zero-order chi connectivity index (χ0) is 27.9. The first-order valence-electron chi connectivity index (χ1n) is 14.3. The second-order valence-corrected chi connectivity index (χ2v) is 10.5. The lowest BCUT2D eigenvalue weighted by Gasteiger charge is -2.26. The van der Waals surface area contributed by atoms with Crippen LogP contribution < -0.4 is 4.90 Å². The number of nitrogens with zero attached hydrogens (tertiary/aromatic N) is 1. The molecule has 1 heterocycles. The molecule has 1 aromatic heterocycles. The Kier molecular flexibility index (Phi) is 5.82. The maximum absolute atomic E-state index is 6.67. The van der Waals surface area contributed by atoms with Gasteiger partial charge in [0.25, 0.3) is 0 Å². The molecule has 0 spiro atoms. The lowest BCUT2D eigenvalue weighted by molar-refractivity contribution is 0.672. The first-order chi connectivity index (χ1) is 20.8. The maximum atomic E-state index is 6.67. The normalized spacial score (nSPS) is 11.3. The van der Waals surface area contributed by atoms with E-state index in [0.717, 1.165) is 44.4 Å². The van der Waals surface area contributed by atoms with Crippen LogP contribution >= 0.6 is 0 Å². The third-order valence-corrected chi connectivity index (χ3v) is 8.05. The number of benzene rings is 7. The number of anilines is 3. The molecule has 0 N–H and O–H groups in total. The minimum atomic E-state index is 0.875. The number of furan rings is 1. The molecule has 2 heteroatoms. The van der Waals surface area contributed by atoms with E-state index in [2.05, 4.69) is 169 Å². The average molecular weight is 538 g/mol. The molecule has 0 aliphatic carbocycles. The largest absolute Gasteiger partial charge is 0.455 e. The summed E-state index contributed by atoms with van der Waals surface area (Å²) in [5, 5.41) is 4.52. The molecular formula is C40H27NO. The van der Waals surface area contributed by atoms with Gasteiger partial charge in [0.05, 0.1) is 11.1 Å². The van der Waals surface area contributed by atoms with Crippen LogP contribution in [0.25, 0.3) is 55.0 Å². The summed E-state index contributed by atoms with van der Waals surface area (Å²) in [4.78, 5) is 2.34. The Balaban J connectivity index is 1.40. The van der Waals surface area contributed by atoms with Crippen molar-refractivity contribution < 1.29 is 4.42 Å². The molecular weight excluding hydrogens is 510 g/mol. The molecule has 2 nitrogen and oxygen atoms in total. The maximum Gasteiger partial charge on any atom is 0.143 e. The summed E-state index contributed by atoms with van der Waals surface area (Å²) < 4.78 is 6.67. The van der Waals surface area contributed by atoms with Crippen molar-refractivity contribution in [2.24, 2.45) is 0 Å². The summed E-state index contributed by atoms with van der Waals surface area (Å²) in [5.74, 6) is 0. The zero-order valence-electron chi connectivity index (χ0n) is 22.9. The predicted octanol–water partition coefficient (Wildman–Crippen LogP) is 11.5. The van der Waals surface area contributed by atoms with Gasteiger partial charge in [0.15, 0.2) is 0 Å². The summed E-state index contributed by atoms with van der Waals surface area (Å²) in [7, 11) is 0. The molecule has 0 saturated carbocycles. The number of fused-ring (bicyclic) bond motifs is 5. The van der Waals surface area contributed by atoms with Crippen molar-refractivity contribution in [3.05, 3.63) is 164 Å². The fourth-order valence-corrected chi connectivity index (χ4v) is 6.11. The van der Waals surface area contributed by atoms with E-state index in [0.29, 0.717) is 0 Å². The van der Waals surface area contributed by atoms with Gasteiger partial charge in [-0.25, -0.2) is 0 Å². The lowest BCUT2D eigenvalue weighted by atomic mass is 9.95. The minimum Gasteiger partial charge on any atom is -0.455 e. The third kappa shape index (κ3) is 4.05. The summed E-state index contributed by atoms with van der Waals surface area (Å²) in [6.45, 7) is 0. The van der Waals surface area contributed by atoms with E-state index in [9.17, 15) is 0 Å². The molecule has 198 valence electrons. The number of hydrogen-bond donors (Lipinski definition) is 0. The van der Waals surface area contributed by atoms with Crippen molar-refractivity contribution in [3.8, 4) is 22.3 Å². The lowest BCUT2D eigenvalue weighted by Crippen LogP contribution is -2.10. The van der Waals surface area contributed by atoms with Gasteiger partial charge in [-0.2, -0.15) is 0 Å². The number of rotatable bonds is 5. The van der Waals surface area contributed by atoms with Crippen LogP contribution in [-0.2, 0) is 0 Å². The van der Waals surface area contributed by atoms with Crippen LogP contribution in [0.15, 0.2) is 168 Å². The Hall–Kier alpha value is -5.60. The highest BCUT2D eigenvalue weighted by molar-refractivity contribution is 6.22. The smallest absolute Gasteiger partial charge is 0.143 e. The van der Waals surface area contributed by atoms with Gasteiger partial charge >= 0.3 is 0 Å². The van der Waals surface area contributed by atoms with Crippen LogP contribution in [0.2, 0.25) is 0 Å². The van der Waals surface area contributed by atoms with Gasteiger partial charge in [0.1, 0.15) is 11.2 Å². The molecule has 0 amide bonds. The Morgan fingerprint density at radius 3 is 1.69 bits per heavy atom. The van der Waals surface area contributed by atoms with Gasteiger partial charge in [-0.3, -0.25) is 0 Å². The SMILES string of the molecule is c1ccc(-c2ccc(N(c3ccccc3)c3cccc4oc5c6ccccc6c(-c6ccccc6)cc5c34)cc2)cc1. The molecule has 0 bridgehead atoms. The summed E-state index contributed by atoms with van der Waals surface area (Å²) in [5.41, 5.74) is 9.85. The van der Waals surface area contributed by atoms with E-state index >= 15 is 0 Å². The van der Waals surface area contributed by atoms with Crippen LogP contribution in [0.5, 0.6) is 0 Å². The fourth-order valence-electron chi connectivity index (χ4n) is 6.11. The minimum absolute atomic E-state index is 0.875. The van der Waals surface area contributed by atoms with Crippen molar-refractivity contribution in [2.45, 2.75) is 0 Å². The molecule has 0 radical (unpaired) electrons. The Morgan fingerprint density at radius 2 is 0.976 bits per heavy atom. The molecule has 0 saturated heterocycles. The standard InChI is InChI=1S/C40H27NO/c1-4-13-28(14-5-1)29-23-25-32(26-24-29)41(31-17-8-3-9-18-31)37-21-12-22-38-39(37)36-27-35(30-15-6-2-7-16-30)33-19-10-11-20-34(33)40(36)42-38/h1-27H. The van der Waals surface area contributed by atoms with Gasteiger partial charge in [-0.15, -0.1) is 0 Å². The van der Waals surface area contributed by atoms with Gasteiger partial charge in [-0.05, 0) is 70.1 Å². The summed E-state index contributed by atoms with van der Waals surface area (Å²) >= 11 is 0. The van der Waals surface area contributed by atoms with Crippen LogP contribution in [-0.4, -0.2) is 0 Å². The molecule has 42 heavy (non-hydrogen) atoms. The van der Waals surface area contributed by atoms with Gasteiger partial charge < -0.3 is 9.32 Å². The Morgan fingerprint density at radius 1 is 0.405 bits per heavy atom. The second-order valence-electron chi connectivity index (χ2n) is 10.5. The van der Waals surface area contributed by atoms with Crippen molar-refractivity contribution >= 4 is 49.8 Å². The highest BCUT2D eigenvalue weighted by Crippen LogP contribution is 2.46. The van der Waals surface area contributed by atoms with E-state index in [1.165, 1.54) is 27.6 Å². The van der Waals surface area contributed by atoms with Gasteiger partial charge in [0.2, 0.25) is 0 Å². The molecule has 0 unspecified atom stereocenters. The second kappa shape index (κ2) is 10.1. The van der Waals surface area contributed by atoms with E-state index < -0.39 is 0 Å². The quantitative estimate of drug-likeness (QED) is 0.217. The number of para-hydroxylation sites is 1. The molecule has 8 rings (SSSR count). The number of hydrogen-bond acceptors (Lipinski definition) is 2. The monoisotopic (exact) mass is 537 g/mol. The molecule has 0 fully saturated rings. The summed E-state index contributed by atoms with van der Waals surface area (Å²) in [6.07, 6.45) is 0. The van der Waals surface area contributed by atoms with Gasteiger partial charge in [-0.1, -0.05) is 121 Å². The molecule has 0 aliphatic heterocycles. The van der Waals surface area contributed by atoms with E-state index in [-0.39, 0.29) is 0 Å². The van der Waals surface area contributed by atoms with Crippen LogP contribution in [0.1, 0.15) is 0 Å². The summed E-state index contributed by atoms with van der Waals surface area (Å²) in [6, 6.07) is 57.8. The van der Waals surface area contributed by atoms with Crippen molar-refractivity contribution in [1.82, 2.24) is 0 Å². The molecule has 0 atom stereocenters. The molecule has 8 aromatic rings. The molecule has 0 aliphatic rings. The average Bonchev–Trinajstić information content (AvgIpc) is 3.46. The van der Waals surface area contributed by atoms with Gasteiger partial charge in [0, 0.05) is 22.1 Å². The third-order valence-electron chi connectivity index (χ3n) is 8.05. The van der Waals surface area contributed by atoms with Crippen molar-refractivity contribution in [3.63, 3.8) is 0 Å².